The quantitative estimate of drug-likeness (QED) is 0.357. The van der Waals surface area contributed by atoms with Gasteiger partial charge in [-0.15, -0.1) is 10.2 Å². The molecule has 6 nitrogen and oxygen atoms in total. The zero-order valence-electron chi connectivity index (χ0n) is 15.9. The second-order valence-corrected chi connectivity index (χ2v) is 8.75. The summed E-state index contributed by atoms with van der Waals surface area (Å²) in [7, 11) is 0. The topological polar surface area (TPSA) is 65.6 Å². The zero-order chi connectivity index (χ0) is 19.8. The maximum atomic E-state index is 12.9. The maximum absolute atomic E-state index is 12.9. The molecule has 0 radical (unpaired) electrons. The van der Waals surface area contributed by atoms with E-state index in [2.05, 4.69) is 26.9 Å². The van der Waals surface area contributed by atoms with Crippen molar-refractivity contribution < 1.29 is 0 Å². The molecular weight excluding hydrogens is 402 g/mol. The van der Waals surface area contributed by atoms with E-state index < -0.39 is 0 Å². The highest BCUT2D eigenvalue weighted by Gasteiger charge is 2.29. The molecule has 29 heavy (non-hydrogen) atoms. The highest BCUT2D eigenvalue weighted by molar-refractivity contribution is 8.00. The van der Waals surface area contributed by atoms with Crippen LogP contribution >= 0.6 is 23.5 Å². The van der Waals surface area contributed by atoms with Gasteiger partial charge in [-0.1, -0.05) is 66.0 Å². The fraction of sp³-hybridized carbons (Fsp3) is 0.238. The van der Waals surface area contributed by atoms with Crippen LogP contribution in [-0.4, -0.2) is 35.8 Å². The molecule has 1 aliphatic rings. The number of thioether (sulfide) groups is 2. The van der Waals surface area contributed by atoms with Gasteiger partial charge in [-0.3, -0.25) is 13.9 Å². The summed E-state index contributed by atoms with van der Waals surface area (Å²) in [5.41, 5.74) is 1.84. The first-order valence-corrected chi connectivity index (χ1v) is 11.5. The summed E-state index contributed by atoms with van der Waals surface area (Å²) < 4.78 is 3.99. The van der Waals surface area contributed by atoms with E-state index in [0.29, 0.717) is 11.9 Å². The van der Waals surface area contributed by atoms with Gasteiger partial charge in [-0.25, -0.2) is 4.98 Å². The Bertz CT molecular complexity index is 1240. The van der Waals surface area contributed by atoms with E-state index >= 15 is 0 Å². The standard InChI is InChI=1S/C21H19N5OS2/c1-2-25-19(27)16-10-6-7-11-17(16)22-20(25)28-12-15-13-29-21-24-23-18(26(15)21)14-8-4-3-5-9-14/h3-11,15H,2,12-13H2,1H3/t15-/m0/s1. The number of rotatable bonds is 5. The summed E-state index contributed by atoms with van der Waals surface area (Å²) >= 11 is 3.36. The van der Waals surface area contributed by atoms with Crippen molar-refractivity contribution in [1.29, 1.82) is 0 Å². The average Bonchev–Trinajstić information content (AvgIpc) is 3.35. The number of para-hydroxylation sites is 1. The third-order valence-electron chi connectivity index (χ3n) is 5.01. The van der Waals surface area contributed by atoms with E-state index in [4.69, 9.17) is 4.98 Å². The lowest BCUT2D eigenvalue weighted by Crippen LogP contribution is -2.23. The predicted molar refractivity (Wildman–Crippen MR) is 118 cm³/mol. The summed E-state index contributed by atoms with van der Waals surface area (Å²) in [5.74, 6) is 2.65. The fourth-order valence-corrected chi connectivity index (χ4v) is 5.93. The Morgan fingerprint density at radius 2 is 1.90 bits per heavy atom. The Hall–Kier alpha value is -2.58. The van der Waals surface area contributed by atoms with Gasteiger partial charge in [0.1, 0.15) is 0 Å². The van der Waals surface area contributed by atoms with Crippen molar-refractivity contribution in [2.75, 3.05) is 11.5 Å². The lowest BCUT2D eigenvalue weighted by molar-refractivity contribution is 0.592. The van der Waals surface area contributed by atoms with Crippen LogP contribution in [0.1, 0.15) is 13.0 Å². The van der Waals surface area contributed by atoms with Crippen LogP contribution in [0.25, 0.3) is 22.3 Å². The molecule has 3 heterocycles. The second-order valence-electron chi connectivity index (χ2n) is 6.78. The van der Waals surface area contributed by atoms with Crippen LogP contribution in [0.5, 0.6) is 0 Å². The number of benzene rings is 2. The Morgan fingerprint density at radius 1 is 1.10 bits per heavy atom. The molecule has 146 valence electrons. The van der Waals surface area contributed by atoms with Crippen molar-refractivity contribution in [3.63, 3.8) is 0 Å². The van der Waals surface area contributed by atoms with Gasteiger partial charge in [0.25, 0.3) is 5.56 Å². The first-order chi connectivity index (χ1) is 14.3. The molecule has 0 saturated heterocycles. The molecule has 4 aromatic rings. The van der Waals surface area contributed by atoms with E-state index in [-0.39, 0.29) is 11.6 Å². The molecule has 0 saturated carbocycles. The molecule has 1 aliphatic heterocycles. The van der Waals surface area contributed by atoms with Gasteiger partial charge in [-0.05, 0) is 19.1 Å². The SMILES string of the molecule is CCn1c(SC[C@H]2CSc3nnc(-c4ccccc4)n32)nc2ccccc2c1=O. The Balaban J connectivity index is 1.46. The van der Waals surface area contributed by atoms with E-state index in [1.165, 1.54) is 0 Å². The van der Waals surface area contributed by atoms with Gasteiger partial charge >= 0.3 is 0 Å². The number of aromatic nitrogens is 5. The van der Waals surface area contributed by atoms with E-state index in [9.17, 15) is 4.79 Å². The normalized spacial score (nSPS) is 15.7. The molecule has 5 rings (SSSR count). The van der Waals surface area contributed by atoms with Gasteiger partial charge in [0.05, 0.1) is 16.9 Å². The fourth-order valence-electron chi connectivity index (χ4n) is 3.56. The van der Waals surface area contributed by atoms with Gasteiger partial charge < -0.3 is 0 Å². The van der Waals surface area contributed by atoms with E-state index in [1.807, 2.05) is 49.4 Å². The molecular formula is C21H19N5OS2. The van der Waals surface area contributed by atoms with Gasteiger partial charge in [0.2, 0.25) is 0 Å². The summed E-state index contributed by atoms with van der Waals surface area (Å²) in [6, 6.07) is 17.9. The molecule has 2 aromatic carbocycles. The van der Waals surface area contributed by atoms with Crippen molar-refractivity contribution >= 4 is 34.4 Å². The van der Waals surface area contributed by atoms with Crippen LogP contribution in [0.4, 0.5) is 0 Å². The largest absolute Gasteiger partial charge is 0.297 e. The lowest BCUT2D eigenvalue weighted by Gasteiger charge is -2.16. The molecule has 0 amide bonds. The van der Waals surface area contributed by atoms with E-state index in [0.717, 1.165) is 38.7 Å². The smallest absolute Gasteiger partial charge is 0.262 e. The highest BCUT2D eigenvalue weighted by Crippen LogP contribution is 2.38. The third kappa shape index (κ3) is 3.26. The molecule has 0 fully saturated rings. The third-order valence-corrected chi connectivity index (χ3v) is 7.22. The van der Waals surface area contributed by atoms with Crippen LogP contribution in [-0.2, 0) is 6.54 Å². The summed E-state index contributed by atoms with van der Waals surface area (Å²) in [6.45, 7) is 2.59. The number of hydrogen-bond acceptors (Lipinski definition) is 6. The van der Waals surface area contributed by atoms with Crippen molar-refractivity contribution in [3.8, 4) is 11.4 Å². The maximum Gasteiger partial charge on any atom is 0.262 e. The first kappa shape index (κ1) is 18.4. The van der Waals surface area contributed by atoms with Crippen LogP contribution in [0.2, 0.25) is 0 Å². The van der Waals surface area contributed by atoms with Crippen molar-refractivity contribution in [2.24, 2.45) is 0 Å². The monoisotopic (exact) mass is 421 g/mol. The summed E-state index contributed by atoms with van der Waals surface area (Å²) in [6.07, 6.45) is 0. The molecule has 0 aliphatic carbocycles. The minimum absolute atomic E-state index is 0.0244. The highest BCUT2D eigenvalue weighted by atomic mass is 32.2. The molecule has 1 atom stereocenters. The van der Waals surface area contributed by atoms with E-state index in [1.54, 1.807) is 28.1 Å². The number of fused-ring (bicyclic) bond motifs is 2. The van der Waals surface area contributed by atoms with Gasteiger partial charge in [-0.2, -0.15) is 0 Å². The Morgan fingerprint density at radius 3 is 2.72 bits per heavy atom. The second kappa shape index (κ2) is 7.68. The minimum Gasteiger partial charge on any atom is -0.297 e. The molecule has 2 aromatic heterocycles. The average molecular weight is 422 g/mol. The van der Waals surface area contributed by atoms with Crippen LogP contribution in [0.3, 0.4) is 0 Å². The zero-order valence-corrected chi connectivity index (χ0v) is 17.5. The molecule has 0 unspecified atom stereocenters. The molecule has 8 heteroatoms. The van der Waals surface area contributed by atoms with Crippen molar-refractivity contribution in [3.05, 3.63) is 65.0 Å². The van der Waals surface area contributed by atoms with Crippen LogP contribution in [0, 0.1) is 0 Å². The summed E-state index contributed by atoms with van der Waals surface area (Å²) in [5, 5.41) is 11.2. The number of nitrogens with zero attached hydrogens (tertiary/aromatic N) is 5. The van der Waals surface area contributed by atoms with Crippen LogP contribution < -0.4 is 5.56 Å². The first-order valence-electron chi connectivity index (χ1n) is 9.51. The Labute approximate surface area is 176 Å². The number of hydrogen-bond donors (Lipinski definition) is 0. The molecule has 0 N–H and O–H groups in total. The summed E-state index contributed by atoms with van der Waals surface area (Å²) in [4.78, 5) is 17.6. The molecule has 0 spiro atoms. The van der Waals surface area contributed by atoms with Gasteiger partial charge in [0.15, 0.2) is 16.1 Å². The van der Waals surface area contributed by atoms with Crippen molar-refractivity contribution in [1.82, 2.24) is 24.3 Å². The van der Waals surface area contributed by atoms with Gasteiger partial charge in [0, 0.05) is 23.6 Å². The Kier molecular flexibility index (Phi) is 4.89. The molecule has 0 bridgehead atoms. The predicted octanol–water partition coefficient (Wildman–Crippen LogP) is 4.11. The van der Waals surface area contributed by atoms with Crippen molar-refractivity contribution in [2.45, 2.75) is 29.8 Å². The minimum atomic E-state index is 0.0244. The lowest BCUT2D eigenvalue weighted by atomic mass is 10.2. The van der Waals surface area contributed by atoms with Crippen LogP contribution in [0.15, 0.2) is 69.7 Å².